The molecule has 0 saturated heterocycles. The summed E-state index contributed by atoms with van der Waals surface area (Å²) in [6, 6.07) is 10.0. The van der Waals surface area contributed by atoms with E-state index in [0.29, 0.717) is 42.2 Å². The highest BCUT2D eigenvalue weighted by atomic mass is 16.5. The van der Waals surface area contributed by atoms with Crippen LogP contribution in [0.3, 0.4) is 0 Å². The Labute approximate surface area is 234 Å². The lowest BCUT2D eigenvalue weighted by molar-refractivity contribution is 0.0669. The number of H-pyrrole nitrogens is 1. The van der Waals surface area contributed by atoms with E-state index in [1.807, 2.05) is 25.7 Å². The normalized spacial score (nSPS) is 13.9. The van der Waals surface area contributed by atoms with Gasteiger partial charge >= 0.3 is 0 Å². The number of imidazole rings is 1. The molecule has 9 nitrogen and oxygen atoms in total. The molecule has 1 aliphatic heterocycles. The van der Waals surface area contributed by atoms with Crippen LogP contribution in [-0.2, 0) is 12.8 Å². The van der Waals surface area contributed by atoms with Crippen molar-refractivity contribution in [2.75, 3.05) is 33.3 Å². The SMILES string of the molecule is CCOc1cc(C(C)N2CCc3c(cc(CCN(C)CC)cc3-c3cc4[nH]cnc4nc3C)C2=O)ncc1C#N. The molecule has 0 aliphatic carbocycles. The Balaban J connectivity index is 1.56. The molecule has 1 atom stereocenters. The second kappa shape index (κ2) is 11.4. The zero-order chi connectivity index (χ0) is 28.4. The molecule has 1 aliphatic rings. The average Bonchev–Trinajstić information content (AvgIpc) is 3.42. The Bertz CT molecular complexity index is 1600. The number of amides is 1. The Kier molecular flexibility index (Phi) is 7.81. The van der Waals surface area contributed by atoms with Crippen LogP contribution < -0.4 is 4.74 Å². The first-order chi connectivity index (χ1) is 19.3. The third kappa shape index (κ3) is 5.15. The fourth-order valence-electron chi connectivity index (χ4n) is 5.34. The minimum absolute atomic E-state index is 0.0157. The molecule has 5 rings (SSSR count). The van der Waals surface area contributed by atoms with Crippen LogP contribution in [0.5, 0.6) is 5.75 Å². The molecule has 0 radical (unpaired) electrons. The number of hydrogen-bond donors (Lipinski definition) is 1. The maximum atomic E-state index is 14.1. The molecular weight excluding hydrogens is 502 g/mol. The number of rotatable bonds is 9. The first-order valence-corrected chi connectivity index (χ1v) is 13.8. The molecule has 0 spiro atoms. The van der Waals surface area contributed by atoms with E-state index in [0.717, 1.165) is 58.5 Å². The number of benzene rings is 1. The molecule has 3 aromatic heterocycles. The summed E-state index contributed by atoms with van der Waals surface area (Å²) >= 11 is 0. The molecule has 1 aromatic carbocycles. The quantitative estimate of drug-likeness (QED) is 0.325. The summed E-state index contributed by atoms with van der Waals surface area (Å²) in [5, 5.41) is 9.43. The highest BCUT2D eigenvalue weighted by Gasteiger charge is 2.32. The number of aromatic amines is 1. The van der Waals surface area contributed by atoms with Crippen LogP contribution in [0, 0.1) is 18.3 Å². The molecule has 0 fully saturated rings. The molecule has 40 heavy (non-hydrogen) atoms. The van der Waals surface area contributed by atoms with Crippen molar-refractivity contribution >= 4 is 17.1 Å². The number of likely N-dealkylation sites (N-methyl/N-ethyl adjacent to an activating group) is 1. The van der Waals surface area contributed by atoms with Crippen molar-refractivity contribution in [2.24, 2.45) is 0 Å². The van der Waals surface area contributed by atoms with Crippen molar-refractivity contribution in [3.8, 4) is 22.9 Å². The van der Waals surface area contributed by atoms with E-state index in [1.165, 1.54) is 6.20 Å². The molecule has 9 heteroatoms. The number of nitrogens with one attached hydrogen (secondary N) is 1. The first-order valence-electron chi connectivity index (χ1n) is 13.8. The van der Waals surface area contributed by atoms with Crippen molar-refractivity contribution in [3.63, 3.8) is 0 Å². The third-order valence-corrected chi connectivity index (χ3v) is 7.82. The van der Waals surface area contributed by atoms with Gasteiger partial charge in [-0.05, 0) is 76.0 Å². The van der Waals surface area contributed by atoms with E-state index < -0.39 is 0 Å². The first kappa shape index (κ1) is 27.3. The van der Waals surface area contributed by atoms with Gasteiger partial charge in [0.25, 0.3) is 5.91 Å². The van der Waals surface area contributed by atoms with Gasteiger partial charge in [0, 0.05) is 42.2 Å². The van der Waals surface area contributed by atoms with Crippen LogP contribution in [0.2, 0.25) is 0 Å². The topological polar surface area (TPSA) is 111 Å². The number of nitrogens with zero attached hydrogens (tertiary/aromatic N) is 6. The molecule has 0 saturated carbocycles. The lowest BCUT2D eigenvalue weighted by Crippen LogP contribution is -2.40. The van der Waals surface area contributed by atoms with E-state index in [2.05, 4.69) is 58.1 Å². The number of aromatic nitrogens is 4. The van der Waals surface area contributed by atoms with E-state index in [-0.39, 0.29) is 11.9 Å². The third-order valence-electron chi connectivity index (χ3n) is 7.82. The van der Waals surface area contributed by atoms with Crippen molar-refractivity contribution < 1.29 is 9.53 Å². The van der Waals surface area contributed by atoms with Gasteiger partial charge in [0.15, 0.2) is 5.65 Å². The minimum Gasteiger partial charge on any atom is -0.492 e. The molecule has 1 N–H and O–H groups in total. The van der Waals surface area contributed by atoms with E-state index in [4.69, 9.17) is 9.72 Å². The fraction of sp³-hybridized carbons (Fsp3) is 0.387. The van der Waals surface area contributed by atoms with Crippen LogP contribution >= 0.6 is 0 Å². The summed E-state index contributed by atoms with van der Waals surface area (Å²) in [7, 11) is 2.11. The lowest BCUT2D eigenvalue weighted by atomic mass is 9.86. The number of carbonyl (C=O) groups excluding carboxylic acids is 1. The Morgan fingerprint density at radius 2 is 1.98 bits per heavy atom. The number of fused-ring (bicyclic) bond motifs is 2. The predicted molar refractivity (Wildman–Crippen MR) is 154 cm³/mol. The molecule has 206 valence electrons. The summed E-state index contributed by atoms with van der Waals surface area (Å²) in [5.41, 5.74) is 8.51. The van der Waals surface area contributed by atoms with Gasteiger partial charge in [0.05, 0.1) is 30.2 Å². The average molecular weight is 538 g/mol. The van der Waals surface area contributed by atoms with Crippen LogP contribution in [0.4, 0.5) is 0 Å². The van der Waals surface area contributed by atoms with E-state index in [1.54, 1.807) is 12.4 Å². The van der Waals surface area contributed by atoms with Gasteiger partial charge in [-0.3, -0.25) is 9.78 Å². The largest absolute Gasteiger partial charge is 0.492 e. The standard InChI is InChI=1S/C31H35N7O2/c1-6-37(5)10-8-21-12-25(24-14-28-30(35-18-34-28)36-19(24)3)23-9-11-38(31(39)26(23)13-21)20(4)27-15-29(40-7-2)22(16-32)17-33-27/h12-15,17-18,20H,6-11H2,1-5H3,(H,34,35,36). The van der Waals surface area contributed by atoms with Crippen LogP contribution in [0.15, 0.2) is 36.8 Å². The second-order valence-electron chi connectivity index (χ2n) is 10.3. The zero-order valence-corrected chi connectivity index (χ0v) is 23.8. The maximum Gasteiger partial charge on any atom is 0.254 e. The Hall–Kier alpha value is -4.29. The molecule has 4 heterocycles. The minimum atomic E-state index is -0.282. The lowest BCUT2D eigenvalue weighted by Gasteiger charge is -2.35. The Morgan fingerprint density at radius 1 is 1.18 bits per heavy atom. The van der Waals surface area contributed by atoms with Gasteiger partial charge in [0.2, 0.25) is 0 Å². The van der Waals surface area contributed by atoms with Crippen molar-refractivity contribution in [3.05, 3.63) is 70.4 Å². The van der Waals surface area contributed by atoms with Gasteiger partial charge < -0.3 is 19.5 Å². The van der Waals surface area contributed by atoms with Gasteiger partial charge in [-0.15, -0.1) is 0 Å². The van der Waals surface area contributed by atoms with E-state index >= 15 is 0 Å². The number of carbonyl (C=O) groups is 1. The number of hydrogen-bond acceptors (Lipinski definition) is 7. The summed E-state index contributed by atoms with van der Waals surface area (Å²) in [6.45, 7) is 10.9. The fourth-order valence-corrected chi connectivity index (χ4v) is 5.34. The van der Waals surface area contributed by atoms with Gasteiger partial charge in [-0.2, -0.15) is 5.26 Å². The van der Waals surface area contributed by atoms with Crippen molar-refractivity contribution in [1.82, 2.24) is 29.7 Å². The van der Waals surface area contributed by atoms with E-state index in [9.17, 15) is 10.1 Å². The monoisotopic (exact) mass is 537 g/mol. The van der Waals surface area contributed by atoms with Gasteiger partial charge in [0.1, 0.15) is 17.4 Å². The van der Waals surface area contributed by atoms with Crippen molar-refractivity contribution in [1.29, 1.82) is 5.26 Å². The molecule has 1 unspecified atom stereocenters. The molecule has 4 aromatic rings. The molecule has 0 bridgehead atoms. The number of aryl methyl sites for hydroxylation is 1. The van der Waals surface area contributed by atoms with Gasteiger partial charge in [-0.1, -0.05) is 13.0 Å². The van der Waals surface area contributed by atoms with Crippen LogP contribution in [0.1, 0.15) is 65.2 Å². The van der Waals surface area contributed by atoms with Crippen molar-refractivity contribution in [2.45, 2.75) is 46.6 Å². The van der Waals surface area contributed by atoms with Gasteiger partial charge in [-0.25, -0.2) is 9.97 Å². The maximum absolute atomic E-state index is 14.1. The highest BCUT2D eigenvalue weighted by Crippen LogP contribution is 2.37. The number of pyridine rings is 2. The number of ether oxygens (including phenoxy) is 1. The van der Waals surface area contributed by atoms with Crippen LogP contribution in [0.25, 0.3) is 22.3 Å². The predicted octanol–water partition coefficient (Wildman–Crippen LogP) is 4.85. The molecule has 1 amide bonds. The smallest absolute Gasteiger partial charge is 0.254 e. The summed E-state index contributed by atoms with van der Waals surface area (Å²) < 4.78 is 5.68. The summed E-state index contributed by atoms with van der Waals surface area (Å²) in [6.07, 6.45) is 4.73. The van der Waals surface area contributed by atoms with Crippen LogP contribution in [-0.4, -0.2) is 68.9 Å². The number of nitriles is 1. The zero-order valence-electron chi connectivity index (χ0n) is 23.8. The second-order valence-corrected chi connectivity index (χ2v) is 10.3. The highest BCUT2D eigenvalue weighted by molar-refractivity contribution is 6.00. The summed E-state index contributed by atoms with van der Waals surface area (Å²) in [4.78, 5) is 35.0. The summed E-state index contributed by atoms with van der Waals surface area (Å²) in [5.74, 6) is 0.478. The Morgan fingerprint density at radius 3 is 2.73 bits per heavy atom. The molecular formula is C31H35N7O2.